The van der Waals surface area contributed by atoms with Gasteiger partial charge >= 0.3 is 5.69 Å². The van der Waals surface area contributed by atoms with Crippen LogP contribution >= 0.6 is 0 Å². The lowest BCUT2D eigenvalue weighted by Crippen LogP contribution is -2.36. The van der Waals surface area contributed by atoms with Crippen molar-refractivity contribution < 1.29 is 9.53 Å². The molecule has 2 atom stereocenters. The Morgan fingerprint density at radius 3 is 2.76 bits per heavy atom. The maximum atomic E-state index is 12.1. The zero-order chi connectivity index (χ0) is 18.1. The molecule has 1 aliphatic heterocycles. The Hall–Kier alpha value is -2.42. The molecule has 0 spiro atoms. The van der Waals surface area contributed by atoms with E-state index in [1.807, 2.05) is 25.6 Å². The molecule has 3 rings (SSSR count). The predicted molar refractivity (Wildman–Crippen MR) is 90.0 cm³/mol. The fourth-order valence-corrected chi connectivity index (χ4v) is 3.33. The number of carbonyl (C=O) groups excluding carboxylic acids is 1. The monoisotopic (exact) mass is 348 g/mol. The van der Waals surface area contributed by atoms with Crippen molar-refractivity contribution in [2.45, 2.75) is 32.9 Å². The topological polar surface area (TPSA) is 96.0 Å². The maximum Gasteiger partial charge on any atom is 0.345 e. The Morgan fingerprint density at radius 1 is 1.40 bits per heavy atom. The van der Waals surface area contributed by atoms with Gasteiger partial charge in [-0.3, -0.25) is 14.0 Å². The van der Waals surface area contributed by atoms with Gasteiger partial charge in [0.15, 0.2) is 0 Å². The van der Waals surface area contributed by atoms with Gasteiger partial charge in [0.25, 0.3) is 0 Å². The van der Waals surface area contributed by atoms with E-state index in [-0.39, 0.29) is 30.2 Å². The lowest BCUT2D eigenvalue weighted by Gasteiger charge is -2.19. The van der Waals surface area contributed by atoms with Crippen molar-refractivity contribution in [2.75, 3.05) is 13.2 Å². The zero-order valence-electron chi connectivity index (χ0n) is 15.0. The van der Waals surface area contributed by atoms with Crippen LogP contribution in [0.5, 0.6) is 0 Å². The number of hydrogen-bond acceptors (Lipinski definition) is 5. The minimum Gasteiger partial charge on any atom is -0.373 e. The minimum absolute atomic E-state index is 0.0634. The molecule has 9 heteroatoms. The van der Waals surface area contributed by atoms with E-state index in [9.17, 15) is 9.59 Å². The number of rotatable bonds is 5. The Morgan fingerprint density at radius 2 is 2.16 bits per heavy atom. The van der Waals surface area contributed by atoms with E-state index in [0.717, 1.165) is 28.1 Å². The Labute approximate surface area is 145 Å². The molecule has 1 saturated heterocycles. The van der Waals surface area contributed by atoms with Crippen LogP contribution in [0.2, 0.25) is 0 Å². The van der Waals surface area contributed by atoms with Gasteiger partial charge in [-0.25, -0.2) is 9.48 Å². The number of nitrogens with zero attached hydrogens (tertiary/aromatic N) is 5. The molecule has 0 unspecified atom stereocenters. The summed E-state index contributed by atoms with van der Waals surface area (Å²) < 4.78 is 10.3. The van der Waals surface area contributed by atoms with Gasteiger partial charge < -0.3 is 10.1 Å². The quantitative estimate of drug-likeness (QED) is 0.809. The van der Waals surface area contributed by atoms with Crippen LogP contribution in [-0.2, 0) is 30.2 Å². The molecule has 1 aliphatic rings. The van der Waals surface area contributed by atoms with Gasteiger partial charge in [0.1, 0.15) is 12.9 Å². The third-order valence-corrected chi connectivity index (χ3v) is 4.81. The summed E-state index contributed by atoms with van der Waals surface area (Å²) in [6.45, 7) is 5.09. The van der Waals surface area contributed by atoms with Gasteiger partial charge in [0.05, 0.1) is 11.8 Å². The third-order valence-electron chi connectivity index (χ3n) is 4.81. The van der Waals surface area contributed by atoms with Crippen LogP contribution in [-0.4, -0.2) is 43.2 Å². The summed E-state index contributed by atoms with van der Waals surface area (Å²) >= 11 is 0. The normalized spacial score (nSPS) is 20.2. The molecule has 0 radical (unpaired) electrons. The van der Waals surface area contributed by atoms with Gasteiger partial charge in [-0.2, -0.15) is 10.2 Å². The van der Waals surface area contributed by atoms with E-state index in [1.165, 1.54) is 10.9 Å². The van der Waals surface area contributed by atoms with E-state index in [4.69, 9.17) is 4.74 Å². The largest absolute Gasteiger partial charge is 0.373 e. The molecule has 2 aromatic rings. The van der Waals surface area contributed by atoms with Crippen molar-refractivity contribution in [3.8, 4) is 0 Å². The fraction of sp³-hybridized carbons (Fsp3) is 0.625. The molecule has 2 aromatic heterocycles. The molecule has 0 aromatic carbocycles. The highest BCUT2D eigenvalue weighted by Crippen LogP contribution is 2.37. The first-order chi connectivity index (χ1) is 11.9. The third kappa shape index (κ3) is 3.37. The summed E-state index contributed by atoms with van der Waals surface area (Å²) in [7, 11) is 3.52. The summed E-state index contributed by atoms with van der Waals surface area (Å²) in [4.78, 5) is 23.9. The highest BCUT2D eigenvalue weighted by molar-refractivity contribution is 5.75. The van der Waals surface area contributed by atoms with Crippen LogP contribution in [0.15, 0.2) is 11.1 Å². The fourth-order valence-electron chi connectivity index (χ4n) is 3.33. The molecule has 1 fully saturated rings. The van der Waals surface area contributed by atoms with Crippen LogP contribution in [0.4, 0.5) is 0 Å². The number of hydrogen-bond donors (Lipinski definition) is 1. The average molecular weight is 348 g/mol. The molecule has 1 N–H and O–H groups in total. The first kappa shape index (κ1) is 17.4. The summed E-state index contributed by atoms with van der Waals surface area (Å²) in [6, 6.07) is 0. The molecule has 136 valence electrons. The lowest BCUT2D eigenvalue weighted by molar-refractivity contribution is -0.122. The molecule has 3 heterocycles. The molecule has 0 bridgehead atoms. The molecular weight excluding hydrogens is 324 g/mol. The number of ether oxygens (including phenoxy) is 1. The molecule has 9 nitrogen and oxygen atoms in total. The van der Waals surface area contributed by atoms with E-state index in [2.05, 4.69) is 15.5 Å². The lowest BCUT2D eigenvalue weighted by atomic mass is 9.94. The molecule has 1 amide bonds. The average Bonchev–Trinajstić information content (AvgIpc) is 3.21. The van der Waals surface area contributed by atoms with Crippen LogP contribution < -0.4 is 11.0 Å². The summed E-state index contributed by atoms with van der Waals surface area (Å²) in [6.07, 6.45) is 2.21. The second-order valence-electron chi connectivity index (χ2n) is 6.53. The minimum atomic E-state index is -0.307. The van der Waals surface area contributed by atoms with Crippen LogP contribution in [0.25, 0.3) is 0 Å². The Bertz CT molecular complexity index is 834. The van der Waals surface area contributed by atoms with Gasteiger partial charge in [0.2, 0.25) is 5.91 Å². The number of amides is 1. The number of carbonyl (C=O) groups is 1. The smallest absolute Gasteiger partial charge is 0.345 e. The van der Waals surface area contributed by atoms with E-state index in [1.54, 1.807) is 7.05 Å². The predicted octanol–water partition coefficient (Wildman–Crippen LogP) is -0.174. The number of aryl methyl sites for hydroxylation is 3. The highest BCUT2D eigenvalue weighted by Gasteiger charge is 2.33. The van der Waals surface area contributed by atoms with Gasteiger partial charge in [-0.1, -0.05) is 0 Å². The standard InChI is InChI=1S/C16H24N6O3/c1-10-14(11(2)21(4)19-10)15-12(5-6-25-15)7-17-13(23)8-22-16(24)20(3)9-18-22/h9,12,15H,5-8H2,1-4H3,(H,17,23)/t12-,15+/m1/s1. The summed E-state index contributed by atoms with van der Waals surface area (Å²) in [5.41, 5.74) is 2.85. The molecular formula is C16H24N6O3. The second-order valence-corrected chi connectivity index (χ2v) is 6.53. The molecule has 0 saturated carbocycles. The Kier molecular flexibility index (Phi) is 4.76. The Balaban J connectivity index is 1.63. The van der Waals surface area contributed by atoms with Crippen molar-refractivity contribution in [1.29, 1.82) is 0 Å². The molecule has 25 heavy (non-hydrogen) atoms. The first-order valence-electron chi connectivity index (χ1n) is 8.35. The summed E-state index contributed by atoms with van der Waals surface area (Å²) in [5.74, 6) is -0.0444. The van der Waals surface area contributed by atoms with Crippen molar-refractivity contribution in [3.63, 3.8) is 0 Å². The number of aromatic nitrogens is 5. The summed E-state index contributed by atoms with van der Waals surface area (Å²) in [5, 5.41) is 11.2. The van der Waals surface area contributed by atoms with E-state index in [0.29, 0.717) is 13.2 Å². The van der Waals surface area contributed by atoms with Crippen molar-refractivity contribution >= 4 is 5.91 Å². The maximum absolute atomic E-state index is 12.1. The highest BCUT2D eigenvalue weighted by atomic mass is 16.5. The van der Waals surface area contributed by atoms with Gasteiger partial charge in [-0.15, -0.1) is 0 Å². The van der Waals surface area contributed by atoms with Crippen molar-refractivity contribution in [3.05, 3.63) is 33.8 Å². The number of nitrogens with one attached hydrogen (secondary N) is 1. The van der Waals surface area contributed by atoms with E-state index >= 15 is 0 Å². The van der Waals surface area contributed by atoms with Crippen LogP contribution in [0.3, 0.4) is 0 Å². The SMILES string of the molecule is Cc1nn(C)c(C)c1[C@H]1OCC[C@@H]1CNC(=O)Cn1ncn(C)c1=O. The van der Waals surface area contributed by atoms with Crippen LogP contribution in [0.1, 0.15) is 29.5 Å². The van der Waals surface area contributed by atoms with E-state index < -0.39 is 0 Å². The first-order valence-corrected chi connectivity index (χ1v) is 8.35. The van der Waals surface area contributed by atoms with Crippen molar-refractivity contribution in [1.82, 2.24) is 29.4 Å². The van der Waals surface area contributed by atoms with Gasteiger partial charge in [-0.05, 0) is 20.3 Å². The second kappa shape index (κ2) is 6.83. The molecule has 0 aliphatic carbocycles. The zero-order valence-corrected chi connectivity index (χ0v) is 15.0. The van der Waals surface area contributed by atoms with Gasteiger partial charge in [0, 0.05) is 44.4 Å². The van der Waals surface area contributed by atoms with Crippen LogP contribution in [0, 0.1) is 19.8 Å². The van der Waals surface area contributed by atoms with Crippen molar-refractivity contribution in [2.24, 2.45) is 20.0 Å².